The first-order valence-corrected chi connectivity index (χ1v) is 5.54. The van der Waals surface area contributed by atoms with Crippen LogP contribution in [-0.2, 0) is 0 Å². The van der Waals surface area contributed by atoms with E-state index in [9.17, 15) is 0 Å². The molecule has 0 bridgehead atoms. The molecule has 78 valence electrons. The molecular formula is C12H25N. The Balaban J connectivity index is 3.48. The van der Waals surface area contributed by atoms with Crippen molar-refractivity contribution in [1.29, 1.82) is 0 Å². The zero-order valence-corrected chi connectivity index (χ0v) is 9.64. The van der Waals surface area contributed by atoms with Gasteiger partial charge in [-0.15, -0.1) is 0 Å². The first-order valence-electron chi connectivity index (χ1n) is 5.54. The Bertz CT molecular complexity index is 129. The van der Waals surface area contributed by atoms with Crippen LogP contribution < -0.4 is 5.32 Å². The zero-order chi connectivity index (χ0) is 10.1. The van der Waals surface area contributed by atoms with Gasteiger partial charge in [0, 0.05) is 7.05 Å². The van der Waals surface area contributed by atoms with Crippen molar-refractivity contribution in [2.75, 3.05) is 7.05 Å². The lowest BCUT2D eigenvalue weighted by Gasteiger charge is -2.18. The summed E-state index contributed by atoms with van der Waals surface area (Å²) in [6, 6.07) is 0. The number of hydrogen-bond acceptors (Lipinski definition) is 1. The summed E-state index contributed by atoms with van der Waals surface area (Å²) in [5.74, 6) is 1.74. The third-order valence-electron chi connectivity index (χ3n) is 2.79. The molecule has 0 spiro atoms. The summed E-state index contributed by atoms with van der Waals surface area (Å²) >= 11 is 0. The first kappa shape index (κ1) is 12.5. The minimum Gasteiger partial charge on any atom is -0.394 e. The molecule has 1 heteroatoms. The second-order valence-electron chi connectivity index (χ2n) is 4.01. The summed E-state index contributed by atoms with van der Waals surface area (Å²) in [7, 11) is 1.94. The summed E-state index contributed by atoms with van der Waals surface area (Å²) in [6.45, 7) is 7.01. The molecule has 0 rings (SSSR count). The van der Waals surface area contributed by atoms with Crippen LogP contribution in [0.25, 0.3) is 0 Å². The van der Waals surface area contributed by atoms with Gasteiger partial charge in [0.2, 0.25) is 0 Å². The standard InChI is InChI=1S/C12H25N/c1-5-8-11(2)12(3)9-6-7-10-13-4/h7,10-13H,5-6,8-9H2,1-4H3/b10-7+. The average Bonchev–Trinajstić information content (AvgIpc) is 2.12. The van der Waals surface area contributed by atoms with Crippen LogP contribution in [0.4, 0.5) is 0 Å². The van der Waals surface area contributed by atoms with Crippen LogP contribution in [0.15, 0.2) is 12.3 Å². The van der Waals surface area contributed by atoms with Crippen molar-refractivity contribution in [1.82, 2.24) is 5.32 Å². The van der Waals surface area contributed by atoms with E-state index in [1.165, 1.54) is 25.7 Å². The molecule has 0 saturated heterocycles. The molecule has 0 aromatic carbocycles. The number of hydrogen-bond donors (Lipinski definition) is 1. The lowest BCUT2D eigenvalue weighted by Crippen LogP contribution is -2.07. The van der Waals surface area contributed by atoms with Crippen LogP contribution in [0.5, 0.6) is 0 Å². The van der Waals surface area contributed by atoms with Crippen molar-refractivity contribution < 1.29 is 0 Å². The van der Waals surface area contributed by atoms with Crippen LogP contribution in [0.1, 0.15) is 46.5 Å². The second-order valence-corrected chi connectivity index (χ2v) is 4.01. The topological polar surface area (TPSA) is 12.0 Å². The third kappa shape index (κ3) is 6.68. The van der Waals surface area contributed by atoms with Gasteiger partial charge in [0.25, 0.3) is 0 Å². The van der Waals surface area contributed by atoms with Gasteiger partial charge < -0.3 is 5.32 Å². The van der Waals surface area contributed by atoms with Crippen LogP contribution in [-0.4, -0.2) is 7.05 Å². The Labute approximate surface area is 83.6 Å². The predicted molar refractivity (Wildman–Crippen MR) is 60.7 cm³/mol. The van der Waals surface area contributed by atoms with E-state index in [2.05, 4.69) is 32.2 Å². The maximum absolute atomic E-state index is 3.02. The maximum atomic E-state index is 3.02. The normalized spacial score (nSPS) is 16.0. The van der Waals surface area contributed by atoms with Gasteiger partial charge >= 0.3 is 0 Å². The molecule has 0 amide bonds. The lowest BCUT2D eigenvalue weighted by molar-refractivity contribution is 0.343. The highest BCUT2D eigenvalue weighted by atomic mass is 14.8. The highest BCUT2D eigenvalue weighted by Gasteiger charge is 2.09. The second kappa shape index (κ2) is 8.15. The van der Waals surface area contributed by atoms with Crippen molar-refractivity contribution in [3.8, 4) is 0 Å². The van der Waals surface area contributed by atoms with E-state index in [0.29, 0.717) is 0 Å². The van der Waals surface area contributed by atoms with Gasteiger partial charge in [-0.05, 0) is 30.9 Å². The number of nitrogens with one attached hydrogen (secondary N) is 1. The molecular weight excluding hydrogens is 158 g/mol. The van der Waals surface area contributed by atoms with E-state index in [1.54, 1.807) is 0 Å². The molecule has 13 heavy (non-hydrogen) atoms. The lowest BCUT2D eigenvalue weighted by atomic mass is 9.88. The van der Waals surface area contributed by atoms with Gasteiger partial charge in [0.1, 0.15) is 0 Å². The van der Waals surface area contributed by atoms with Crippen molar-refractivity contribution >= 4 is 0 Å². The Morgan fingerprint density at radius 2 is 1.77 bits per heavy atom. The van der Waals surface area contributed by atoms with Gasteiger partial charge in [-0.1, -0.05) is 39.7 Å². The molecule has 0 aliphatic heterocycles. The van der Waals surface area contributed by atoms with Crippen LogP contribution in [0.2, 0.25) is 0 Å². The Morgan fingerprint density at radius 1 is 1.15 bits per heavy atom. The van der Waals surface area contributed by atoms with Gasteiger partial charge in [-0.2, -0.15) is 0 Å². The Hall–Kier alpha value is -0.460. The molecule has 0 radical (unpaired) electrons. The average molecular weight is 183 g/mol. The number of allylic oxidation sites excluding steroid dienone is 1. The van der Waals surface area contributed by atoms with E-state index in [1.807, 2.05) is 13.2 Å². The highest BCUT2D eigenvalue weighted by molar-refractivity contribution is 4.79. The van der Waals surface area contributed by atoms with Crippen molar-refractivity contribution in [3.05, 3.63) is 12.3 Å². The van der Waals surface area contributed by atoms with E-state index in [4.69, 9.17) is 0 Å². The molecule has 1 N–H and O–H groups in total. The SMILES string of the molecule is CCCC(C)C(C)CC/C=C/NC. The summed E-state index contributed by atoms with van der Waals surface area (Å²) in [4.78, 5) is 0. The van der Waals surface area contributed by atoms with Crippen molar-refractivity contribution in [2.45, 2.75) is 46.5 Å². The smallest absolute Gasteiger partial charge is 0.00276 e. The molecule has 0 aromatic heterocycles. The largest absolute Gasteiger partial charge is 0.394 e. The molecule has 0 aliphatic rings. The van der Waals surface area contributed by atoms with Crippen molar-refractivity contribution in [3.63, 3.8) is 0 Å². The number of rotatable bonds is 7. The fraction of sp³-hybridized carbons (Fsp3) is 0.833. The quantitative estimate of drug-likeness (QED) is 0.636. The predicted octanol–water partition coefficient (Wildman–Crippen LogP) is 3.57. The summed E-state index contributed by atoms with van der Waals surface area (Å²) in [6.07, 6.45) is 9.45. The Kier molecular flexibility index (Phi) is 7.86. The van der Waals surface area contributed by atoms with E-state index in [0.717, 1.165) is 11.8 Å². The summed E-state index contributed by atoms with van der Waals surface area (Å²) in [5.41, 5.74) is 0. The van der Waals surface area contributed by atoms with E-state index in [-0.39, 0.29) is 0 Å². The Morgan fingerprint density at radius 3 is 2.31 bits per heavy atom. The highest BCUT2D eigenvalue weighted by Crippen LogP contribution is 2.21. The van der Waals surface area contributed by atoms with Crippen LogP contribution in [0.3, 0.4) is 0 Å². The zero-order valence-electron chi connectivity index (χ0n) is 9.64. The third-order valence-corrected chi connectivity index (χ3v) is 2.79. The minimum atomic E-state index is 0.862. The monoisotopic (exact) mass is 183 g/mol. The van der Waals surface area contributed by atoms with Gasteiger partial charge in [0.15, 0.2) is 0 Å². The van der Waals surface area contributed by atoms with Crippen molar-refractivity contribution in [2.24, 2.45) is 11.8 Å². The minimum absolute atomic E-state index is 0.862. The molecule has 0 heterocycles. The summed E-state index contributed by atoms with van der Waals surface area (Å²) < 4.78 is 0. The molecule has 0 saturated carbocycles. The molecule has 2 unspecified atom stereocenters. The molecule has 0 fully saturated rings. The molecule has 2 atom stereocenters. The molecule has 1 nitrogen and oxygen atoms in total. The van der Waals surface area contributed by atoms with E-state index >= 15 is 0 Å². The fourth-order valence-corrected chi connectivity index (χ4v) is 1.58. The van der Waals surface area contributed by atoms with Crippen LogP contribution >= 0.6 is 0 Å². The van der Waals surface area contributed by atoms with Gasteiger partial charge in [-0.25, -0.2) is 0 Å². The fourth-order valence-electron chi connectivity index (χ4n) is 1.58. The summed E-state index contributed by atoms with van der Waals surface area (Å²) in [5, 5.41) is 3.02. The maximum Gasteiger partial charge on any atom is 0.00276 e. The molecule has 0 aromatic rings. The first-order chi connectivity index (χ1) is 6.22. The van der Waals surface area contributed by atoms with Gasteiger partial charge in [-0.3, -0.25) is 0 Å². The van der Waals surface area contributed by atoms with Gasteiger partial charge in [0.05, 0.1) is 0 Å². The molecule has 0 aliphatic carbocycles. The van der Waals surface area contributed by atoms with E-state index < -0.39 is 0 Å². The van der Waals surface area contributed by atoms with Crippen LogP contribution in [0, 0.1) is 11.8 Å².